The molecule has 0 bridgehead atoms. The smallest absolute Gasteiger partial charge is 0.151 e. The molecule has 0 aliphatic carbocycles. The van der Waals surface area contributed by atoms with Gasteiger partial charge in [-0.1, -0.05) is 0 Å². The van der Waals surface area contributed by atoms with Crippen molar-refractivity contribution in [1.29, 1.82) is 0 Å². The molecule has 90 valence electrons. The number of rotatable bonds is 2. The van der Waals surface area contributed by atoms with Crippen molar-refractivity contribution in [3.05, 3.63) is 42.3 Å². The summed E-state index contributed by atoms with van der Waals surface area (Å²) in [6.07, 6.45) is 3.35. The number of hydrogen-bond acceptors (Lipinski definition) is 4. The molecule has 0 radical (unpaired) electrons. The van der Waals surface area contributed by atoms with Gasteiger partial charge in [-0.2, -0.15) is 5.10 Å². The molecule has 3 aromatic heterocycles. The van der Waals surface area contributed by atoms with Crippen LogP contribution in [0, 0.1) is 6.92 Å². The number of nitrogens with two attached hydrogens (primary N) is 1. The zero-order valence-electron chi connectivity index (χ0n) is 9.84. The summed E-state index contributed by atoms with van der Waals surface area (Å²) in [5, 5.41) is 7.29. The van der Waals surface area contributed by atoms with E-state index in [2.05, 4.69) is 15.2 Å². The van der Waals surface area contributed by atoms with E-state index in [0.717, 1.165) is 28.3 Å². The van der Waals surface area contributed by atoms with Crippen LogP contribution >= 0.6 is 0 Å². The molecule has 0 saturated carbocycles. The standard InChI is InChI=1S/C13H12N4O/c1-8-12(9-4-5-11(14)15-7-9)16-17-13(8)10-3-2-6-18-10/h2-7H,1H3,(H2,14,15)(H,16,17). The second-order valence-corrected chi connectivity index (χ2v) is 4.02. The second-order valence-electron chi connectivity index (χ2n) is 4.02. The second kappa shape index (κ2) is 4.03. The van der Waals surface area contributed by atoms with Crippen molar-refractivity contribution in [3.63, 3.8) is 0 Å². The lowest BCUT2D eigenvalue weighted by atomic mass is 10.1. The van der Waals surface area contributed by atoms with Gasteiger partial charge in [-0.3, -0.25) is 5.10 Å². The average Bonchev–Trinajstić information content (AvgIpc) is 2.99. The van der Waals surface area contributed by atoms with Crippen molar-refractivity contribution in [2.45, 2.75) is 6.92 Å². The lowest BCUT2D eigenvalue weighted by Crippen LogP contribution is -1.89. The minimum absolute atomic E-state index is 0.498. The monoisotopic (exact) mass is 240 g/mol. The van der Waals surface area contributed by atoms with E-state index in [1.165, 1.54) is 0 Å². The van der Waals surface area contributed by atoms with Crippen molar-refractivity contribution in [2.75, 3.05) is 5.73 Å². The van der Waals surface area contributed by atoms with Gasteiger partial charge in [-0.25, -0.2) is 4.98 Å². The summed E-state index contributed by atoms with van der Waals surface area (Å²) in [5.41, 5.74) is 9.26. The highest BCUT2D eigenvalue weighted by Crippen LogP contribution is 2.29. The Kier molecular flexibility index (Phi) is 2.37. The molecule has 3 N–H and O–H groups in total. The Bertz CT molecular complexity index is 653. The molecule has 0 saturated heterocycles. The van der Waals surface area contributed by atoms with Gasteiger partial charge in [0.25, 0.3) is 0 Å². The van der Waals surface area contributed by atoms with Crippen LogP contribution in [-0.4, -0.2) is 15.2 Å². The number of nitrogen functional groups attached to an aromatic ring is 1. The van der Waals surface area contributed by atoms with Crippen LogP contribution in [0.15, 0.2) is 41.1 Å². The van der Waals surface area contributed by atoms with E-state index in [9.17, 15) is 0 Å². The zero-order valence-corrected chi connectivity index (χ0v) is 9.84. The molecule has 0 amide bonds. The van der Waals surface area contributed by atoms with Gasteiger partial charge in [-0.15, -0.1) is 0 Å². The van der Waals surface area contributed by atoms with Gasteiger partial charge in [0.05, 0.1) is 12.0 Å². The lowest BCUT2D eigenvalue weighted by Gasteiger charge is -1.99. The van der Waals surface area contributed by atoms with E-state index < -0.39 is 0 Å². The molecular formula is C13H12N4O. The van der Waals surface area contributed by atoms with Crippen molar-refractivity contribution in [2.24, 2.45) is 0 Å². The number of aromatic amines is 1. The Balaban J connectivity index is 2.07. The van der Waals surface area contributed by atoms with Gasteiger partial charge < -0.3 is 10.2 Å². The Morgan fingerprint density at radius 3 is 2.83 bits per heavy atom. The lowest BCUT2D eigenvalue weighted by molar-refractivity contribution is 0.579. The first-order valence-corrected chi connectivity index (χ1v) is 5.56. The molecule has 0 aliphatic heterocycles. The number of nitrogens with one attached hydrogen (secondary N) is 1. The Labute approximate surface area is 104 Å². The van der Waals surface area contributed by atoms with Crippen molar-refractivity contribution >= 4 is 5.82 Å². The maximum absolute atomic E-state index is 5.57. The van der Waals surface area contributed by atoms with Crippen LogP contribution in [0.1, 0.15) is 5.56 Å². The van der Waals surface area contributed by atoms with Gasteiger partial charge >= 0.3 is 0 Å². The highest BCUT2D eigenvalue weighted by Gasteiger charge is 2.14. The van der Waals surface area contributed by atoms with Crippen molar-refractivity contribution in [3.8, 4) is 22.7 Å². The fourth-order valence-corrected chi connectivity index (χ4v) is 1.89. The first kappa shape index (κ1) is 10.6. The molecule has 0 spiro atoms. The van der Waals surface area contributed by atoms with E-state index in [1.54, 1.807) is 18.5 Å². The average molecular weight is 240 g/mol. The van der Waals surface area contributed by atoms with Crippen LogP contribution in [0.25, 0.3) is 22.7 Å². The first-order chi connectivity index (χ1) is 8.75. The van der Waals surface area contributed by atoms with Gasteiger partial charge in [0.15, 0.2) is 5.76 Å². The predicted octanol–water partition coefficient (Wildman–Crippen LogP) is 2.62. The Hall–Kier alpha value is -2.56. The van der Waals surface area contributed by atoms with Gasteiger partial charge in [0.1, 0.15) is 11.5 Å². The molecule has 3 aromatic rings. The molecule has 0 aromatic carbocycles. The number of aromatic nitrogens is 3. The summed E-state index contributed by atoms with van der Waals surface area (Å²) in [7, 11) is 0. The minimum atomic E-state index is 0.498. The molecule has 0 aliphatic rings. The molecule has 3 rings (SSSR count). The zero-order chi connectivity index (χ0) is 12.5. The van der Waals surface area contributed by atoms with E-state index in [1.807, 2.05) is 25.1 Å². The third kappa shape index (κ3) is 1.66. The molecular weight excluding hydrogens is 228 g/mol. The Morgan fingerprint density at radius 2 is 2.17 bits per heavy atom. The maximum atomic E-state index is 5.57. The third-order valence-corrected chi connectivity index (χ3v) is 2.84. The van der Waals surface area contributed by atoms with Crippen LogP contribution in [0.3, 0.4) is 0 Å². The fourth-order valence-electron chi connectivity index (χ4n) is 1.89. The number of anilines is 1. The summed E-state index contributed by atoms with van der Waals surface area (Å²) in [6, 6.07) is 7.40. The number of furan rings is 1. The summed E-state index contributed by atoms with van der Waals surface area (Å²) in [4.78, 5) is 4.07. The van der Waals surface area contributed by atoms with Crippen LogP contribution in [-0.2, 0) is 0 Å². The van der Waals surface area contributed by atoms with E-state index in [0.29, 0.717) is 5.82 Å². The normalized spacial score (nSPS) is 10.7. The first-order valence-electron chi connectivity index (χ1n) is 5.56. The maximum Gasteiger partial charge on any atom is 0.151 e. The summed E-state index contributed by atoms with van der Waals surface area (Å²) in [5.74, 6) is 1.27. The SMILES string of the molecule is Cc1c(-c2ccc(N)nc2)n[nH]c1-c1ccco1. The fraction of sp³-hybridized carbons (Fsp3) is 0.0769. The van der Waals surface area contributed by atoms with Crippen LogP contribution < -0.4 is 5.73 Å². The molecule has 5 nitrogen and oxygen atoms in total. The van der Waals surface area contributed by atoms with Crippen LogP contribution in [0.5, 0.6) is 0 Å². The predicted molar refractivity (Wildman–Crippen MR) is 68.7 cm³/mol. The summed E-state index contributed by atoms with van der Waals surface area (Å²) >= 11 is 0. The highest BCUT2D eigenvalue weighted by molar-refractivity contribution is 5.71. The molecule has 3 heterocycles. The molecule has 0 unspecified atom stereocenters. The summed E-state index contributed by atoms with van der Waals surface area (Å²) < 4.78 is 5.36. The molecule has 5 heteroatoms. The molecule has 0 fully saturated rings. The molecule has 0 atom stereocenters. The van der Waals surface area contributed by atoms with Crippen LogP contribution in [0.2, 0.25) is 0 Å². The number of pyridine rings is 1. The number of H-pyrrole nitrogens is 1. The van der Waals surface area contributed by atoms with Gasteiger partial charge in [0.2, 0.25) is 0 Å². The van der Waals surface area contributed by atoms with Gasteiger partial charge in [0, 0.05) is 17.3 Å². The third-order valence-electron chi connectivity index (χ3n) is 2.84. The topological polar surface area (TPSA) is 80.7 Å². The van der Waals surface area contributed by atoms with Gasteiger partial charge in [-0.05, 0) is 31.2 Å². The van der Waals surface area contributed by atoms with E-state index >= 15 is 0 Å². The highest BCUT2D eigenvalue weighted by atomic mass is 16.3. The minimum Gasteiger partial charge on any atom is -0.463 e. The summed E-state index contributed by atoms with van der Waals surface area (Å²) in [6.45, 7) is 1.99. The van der Waals surface area contributed by atoms with E-state index in [4.69, 9.17) is 10.2 Å². The molecule has 18 heavy (non-hydrogen) atoms. The largest absolute Gasteiger partial charge is 0.463 e. The Morgan fingerprint density at radius 1 is 1.28 bits per heavy atom. The van der Waals surface area contributed by atoms with E-state index in [-0.39, 0.29) is 0 Å². The number of nitrogens with zero attached hydrogens (tertiary/aromatic N) is 2. The van der Waals surface area contributed by atoms with Crippen molar-refractivity contribution < 1.29 is 4.42 Å². The quantitative estimate of drug-likeness (QED) is 0.721. The number of hydrogen-bond donors (Lipinski definition) is 2. The van der Waals surface area contributed by atoms with Crippen LogP contribution in [0.4, 0.5) is 5.82 Å². The van der Waals surface area contributed by atoms with Crippen molar-refractivity contribution in [1.82, 2.24) is 15.2 Å².